The summed E-state index contributed by atoms with van der Waals surface area (Å²) >= 11 is 10.7. The Balaban J connectivity index is 2.34. The first kappa shape index (κ1) is 16.3. The molecule has 1 aromatic heterocycles. The van der Waals surface area contributed by atoms with E-state index in [1.165, 1.54) is 11.3 Å². The van der Waals surface area contributed by atoms with Crippen LogP contribution in [-0.2, 0) is 4.74 Å². The molecule has 2 N–H and O–H groups in total. The molecule has 0 fully saturated rings. The highest BCUT2D eigenvalue weighted by Gasteiger charge is 2.22. The van der Waals surface area contributed by atoms with E-state index >= 15 is 0 Å². The Morgan fingerprint density at radius 2 is 2.00 bits per heavy atom. The molecule has 2 rings (SSSR count). The molecule has 0 aliphatic heterocycles. The molecular weight excluding hydrogens is 374 g/mol. The Bertz CT molecular complexity index is 691. The summed E-state index contributed by atoms with van der Waals surface area (Å²) in [5.74, 6) is -0.403. The van der Waals surface area contributed by atoms with E-state index in [-0.39, 0.29) is 0 Å². The van der Waals surface area contributed by atoms with E-state index in [0.717, 1.165) is 14.9 Å². The maximum Gasteiger partial charge on any atom is 0.350 e. The van der Waals surface area contributed by atoms with Crippen LogP contribution in [0.3, 0.4) is 0 Å². The topological polar surface area (TPSA) is 52.3 Å². The largest absolute Gasteiger partial charge is 0.456 e. The number of carbonyl (C=O) groups is 1. The number of benzene rings is 1. The number of nitrogen functional groups attached to an aromatic ring is 1. The molecule has 0 unspecified atom stereocenters. The van der Waals surface area contributed by atoms with E-state index in [9.17, 15) is 4.79 Å². The van der Waals surface area contributed by atoms with Crippen LogP contribution >= 0.6 is 38.9 Å². The summed E-state index contributed by atoms with van der Waals surface area (Å²) in [6.07, 6.45) is 0. The van der Waals surface area contributed by atoms with Gasteiger partial charge in [0.25, 0.3) is 0 Å². The monoisotopic (exact) mass is 387 g/mol. The minimum absolute atomic E-state index is 0.403. The van der Waals surface area contributed by atoms with Crippen LogP contribution in [0.5, 0.6) is 0 Å². The van der Waals surface area contributed by atoms with Crippen molar-refractivity contribution in [2.75, 3.05) is 5.73 Å². The lowest BCUT2D eigenvalue weighted by molar-refractivity contribution is 0.00764. The maximum atomic E-state index is 12.1. The third kappa shape index (κ3) is 3.99. The molecular formula is C15H15BrClNO2S. The number of rotatable bonds is 2. The van der Waals surface area contributed by atoms with Crippen LogP contribution in [0.1, 0.15) is 30.4 Å². The van der Waals surface area contributed by atoms with Gasteiger partial charge >= 0.3 is 5.97 Å². The number of hydrogen-bond donors (Lipinski definition) is 1. The van der Waals surface area contributed by atoms with Gasteiger partial charge < -0.3 is 10.5 Å². The van der Waals surface area contributed by atoms with Gasteiger partial charge in [0.1, 0.15) is 10.5 Å². The summed E-state index contributed by atoms with van der Waals surface area (Å²) < 4.78 is 6.18. The Morgan fingerprint density at radius 1 is 1.33 bits per heavy atom. The third-order valence-electron chi connectivity index (χ3n) is 2.55. The van der Waals surface area contributed by atoms with Crippen molar-refractivity contribution >= 4 is 50.5 Å². The third-order valence-corrected chi connectivity index (χ3v) is 4.96. The normalized spacial score (nSPS) is 11.5. The molecule has 1 heterocycles. The van der Waals surface area contributed by atoms with Crippen LogP contribution in [0.2, 0.25) is 5.02 Å². The van der Waals surface area contributed by atoms with Crippen molar-refractivity contribution in [2.45, 2.75) is 26.4 Å². The predicted molar refractivity (Wildman–Crippen MR) is 92.0 cm³/mol. The minimum Gasteiger partial charge on any atom is -0.456 e. The van der Waals surface area contributed by atoms with Crippen LogP contribution in [0.15, 0.2) is 28.7 Å². The molecule has 0 bridgehead atoms. The number of esters is 1. The molecule has 0 saturated carbocycles. The summed E-state index contributed by atoms with van der Waals surface area (Å²) in [6.45, 7) is 5.47. The molecule has 2 aromatic rings. The molecule has 1 aromatic carbocycles. The van der Waals surface area contributed by atoms with Gasteiger partial charge in [-0.15, -0.1) is 11.3 Å². The molecule has 0 amide bonds. The van der Waals surface area contributed by atoms with Gasteiger partial charge in [0.05, 0.1) is 10.7 Å². The van der Waals surface area contributed by atoms with Gasteiger partial charge in [-0.1, -0.05) is 17.7 Å². The van der Waals surface area contributed by atoms with Gasteiger partial charge in [-0.2, -0.15) is 0 Å². The smallest absolute Gasteiger partial charge is 0.350 e. The van der Waals surface area contributed by atoms with Crippen molar-refractivity contribution in [1.82, 2.24) is 0 Å². The van der Waals surface area contributed by atoms with Gasteiger partial charge in [-0.05, 0) is 60.5 Å². The van der Waals surface area contributed by atoms with Crippen LogP contribution in [0.4, 0.5) is 5.69 Å². The lowest BCUT2D eigenvalue weighted by atomic mass is 10.2. The number of hydrogen-bond acceptors (Lipinski definition) is 4. The average Bonchev–Trinajstić information content (AvgIpc) is 2.73. The van der Waals surface area contributed by atoms with Crippen LogP contribution in [0, 0.1) is 0 Å². The zero-order chi connectivity index (χ0) is 15.8. The van der Waals surface area contributed by atoms with Crippen molar-refractivity contribution in [1.29, 1.82) is 0 Å². The van der Waals surface area contributed by atoms with E-state index < -0.39 is 11.6 Å². The first-order chi connectivity index (χ1) is 9.67. The summed E-state index contributed by atoms with van der Waals surface area (Å²) in [7, 11) is 0. The second-order valence-electron chi connectivity index (χ2n) is 5.53. The fraction of sp³-hybridized carbons (Fsp3) is 0.267. The first-order valence-corrected chi connectivity index (χ1v) is 8.24. The molecule has 0 atom stereocenters. The fourth-order valence-corrected chi connectivity index (χ4v) is 3.06. The number of nitrogens with two attached hydrogens (primary N) is 1. The van der Waals surface area contributed by atoms with E-state index in [4.69, 9.17) is 22.1 Å². The predicted octanol–water partition coefficient (Wildman–Crippen LogP) is 5.37. The minimum atomic E-state index is -0.547. The van der Waals surface area contributed by atoms with Crippen molar-refractivity contribution in [3.05, 3.63) is 38.6 Å². The van der Waals surface area contributed by atoms with Gasteiger partial charge in [0.15, 0.2) is 0 Å². The molecule has 0 aliphatic carbocycles. The summed E-state index contributed by atoms with van der Waals surface area (Å²) in [5, 5.41) is 0.610. The molecule has 0 radical (unpaired) electrons. The second kappa shape index (κ2) is 5.99. The molecule has 0 aliphatic rings. The Hall–Kier alpha value is -1.04. The molecule has 6 heteroatoms. The van der Waals surface area contributed by atoms with Crippen molar-refractivity contribution in [3.8, 4) is 10.4 Å². The molecule has 112 valence electrons. The van der Waals surface area contributed by atoms with Crippen LogP contribution in [-0.4, -0.2) is 11.6 Å². The molecule has 0 spiro atoms. The number of ether oxygens (including phenoxy) is 1. The van der Waals surface area contributed by atoms with Crippen molar-refractivity contribution < 1.29 is 9.53 Å². The van der Waals surface area contributed by atoms with Crippen molar-refractivity contribution in [2.24, 2.45) is 0 Å². The van der Waals surface area contributed by atoms with Gasteiger partial charge in [-0.25, -0.2) is 4.79 Å². The van der Waals surface area contributed by atoms with Crippen molar-refractivity contribution in [3.63, 3.8) is 0 Å². The Labute approximate surface area is 141 Å². The van der Waals surface area contributed by atoms with Gasteiger partial charge in [0.2, 0.25) is 0 Å². The van der Waals surface area contributed by atoms with Gasteiger partial charge in [0, 0.05) is 9.35 Å². The van der Waals surface area contributed by atoms with Crippen LogP contribution in [0.25, 0.3) is 10.4 Å². The lowest BCUT2D eigenvalue weighted by Crippen LogP contribution is -2.23. The second-order valence-corrected chi connectivity index (χ2v) is 7.84. The Morgan fingerprint density at radius 3 is 2.57 bits per heavy atom. The summed E-state index contributed by atoms with van der Waals surface area (Å²) in [5.41, 5.74) is 6.72. The average molecular weight is 389 g/mol. The zero-order valence-corrected chi connectivity index (χ0v) is 15.0. The molecule has 21 heavy (non-hydrogen) atoms. The quantitative estimate of drug-likeness (QED) is 0.704. The number of carbonyl (C=O) groups excluding carboxylic acids is 1. The fourth-order valence-electron chi connectivity index (χ4n) is 1.68. The van der Waals surface area contributed by atoms with Crippen LogP contribution < -0.4 is 5.73 Å². The highest BCUT2D eigenvalue weighted by atomic mass is 79.9. The Kier molecular flexibility index (Phi) is 4.66. The standard InChI is InChI=1S/C15H15BrClNO2S/c1-15(2,3)20-14(19)13-11(18)7-12(21-13)8-4-5-9(16)10(17)6-8/h4-7H,18H2,1-3H3. The highest BCUT2D eigenvalue weighted by molar-refractivity contribution is 9.10. The summed E-state index contributed by atoms with van der Waals surface area (Å²) in [4.78, 5) is 13.4. The lowest BCUT2D eigenvalue weighted by Gasteiger charge is -2.18. The van der Waals surface area contributed by atoms with E-state index in [2.05, 4.69) is 15.9 Å². The van der Waals surface area contributed by atoms with E-state index in [0.29, 0.717) is 15.6 Å². The van der Waals surface area contributed by atoms with E-state index in [1.54, 1.807) is 6.07 Å². The van der Waals surface area contributed by atoms with E-state index in [1.807, 2.05) is 39.0 Å². The number of halogens is 2. The molecule has 0 saturated heterocycles. The van der Waals surface area contributed by atoms with Gasteiger partial charge in [-0.3, -0.25) is 0 Å². The SMILES string of the molecule is CC(C)(C)OC(=O)c1sc(-c2ccc(Br)c(Cl)c2)cc1N. The summed E-state index contributed by atoms with van der Waals surface area (Å²) in [6, 6.07) is 7.38. The molecule has 3 nitrogen and oxygen atoms in total. The number of anilines is 1. The highest BCUT2D eigenvalue weighted by Crippen LogP contribution is 2.36. The zero-order valence-electron chi connectivity index (χ0n) is 11.9. The number of thiophene rings is 1. The maximum absolute atomic E-state index is 12.1. The first-order valence-electron chi connectivity index (χ1n) is 6.25.